The van der Waals surface area contributed by atoms with Crippen molar-refractivity contribution >= 4 is 11.8 Å². The molecular weight excluding hydrogens is 325 g/mol. The number of hydrogen-bond donors (Lipinski definition) is 0. The average molecular weight is 350 g/mol. The number of carbonyl (C=O) groups excluding carboxylic acids is 2. The third-order valence-electron chi connectivity index (χ3n) is 4.76. The molecular formula is C16H25F3N2O3. The van der Waals surface area contributed by atoms with E-state index in [1.165, 1.54) is 0 Å². The maximum absolute atomic E-state index is 12.6. The van der Waals surface area contributed by atoms with Crippen molar-refractivity contribution in [3.8, 4) is 0 Å². The third kappa shape index (κ3) is 4.84. The maximum Gasteiger partial charge on any atom is 0.471 e. The first-order valence-electron chi connectivity index (χ1n) is 8.55. The van der Waals surface area contributed by atoms with Crippen LogP contribution < -0.4 is 0 Å². The largest absolute Gasteiger partial charge is 0.471 e. The Balaban J connectivity index is 1.83. The lowest BCUT2D eigenvalue weighted by atomic mass is 9.92. The van der Waals surface area contributed by atoms with Crippen LogP contribution in [0.25, 0.3) is 0 Å². The van der Waals surface area contributed by atoms with Crippen LogP contribution in [-0.4, -0.2) is 67.2 Å². The Labute approximate surface area is 140 Å². The number of carbonyl (C=O) groups is 2. The van der Waals surface area contributed by atoms with E-state index in [0.717, 1.165) is 17.7 Å². The average Bonchev–Trinajstić information content (AvgIpc) is 2.58. The molecule has 2 rings (SSSR count). The van der Waals surface area contributed by atoms with Gasteiger partial charge in [0.05, 0.1) is 6.61 Å². The predicted octanol–water partition coefficient (Wildman–Crippen LogP) is 2.06. The van der Waals surface area contributed by atoms with Crippen LogP contribution in [0.3, 0.4) is 0 Å². The van der Waals surface area contributed by atoms with Gasteiger partial charge in [0.2, 0.25) is 5.91 Å². The van der Waals surface area contributed by atoms with Gasteiger partial charge in [-0.2, -0.15) is 13.2 Å². The third-order valence-corrected chi connectivity index (χ3v) is 4.76. The van der Waals surface area contributed by atoms with Crippen LogP contribution in [0.2, 0.25) is 0 Å². The van der Waals surface area contributed by atoms with Crippen LogP contribution in [0.15, 0.2) is 0 Å². The fourth-order valence-corrected chi connectivity index (χ4v) is 3.45. The van der Waals surface area contributed by atoms with E-state index < -0.39 is 12.1 Å². The van der Waals surface area contributed by atoms with Gasteiger partial charge in [0.15, 0.2) is 0 Å². The second kappa shape index (κ2) is 8.18. The Bertz CT molecular complexity index is 448. The van der Waals surface area contributed by atoms with Gasteiger partial charge < -0.3 is 14.5 Å². The highest BCUT2D eigenvalue weighted by Crippen LogP contribution is 2.26. The van der Waals surface area contributed by atoms with Gasteiger partial charge in [-0.1, -0.05) is 0 Å². The van der Waals surface area contributed by atoms with E-state index in [1.54, 1.807) is 0 Å². The van der Waals surface area contributed by atoms with Gasteiger partial charge in [-0.15, -0.1) is 0 Å². The molecule has 1 atom stereocenters. The number of piperidine rings is 2. The minimum atomic E-state index is -4.84. The highest BCUT2D eigenvalue weighted by atomic mass is 19.4. The van der Waals surface area contributed by atoms with Crippen LogP contribution >= 0.6 is 0 Å². The standard InChI is InChI=1S/C16H25F3N2O3/c1-2-24-11-12-4-3-7-21(10-12)14(22)13-5-8-20(9-6-13)15(23)16(17,18)19/h12-13H,2-11H2,1H3. The molecule has 138 valence electrons. The van der Waals surface area contributed by atoms with E-state index in [0.29, 0.717) is 45.1 Å². The molecule has 0 aromatic carbocycles. The summed E-state index contributed by atoms with van der Waals surface area (Å²) < 4.78 is 42.8. The summed E-state index contributed by atoms with van der Waals surface area (Å²) in [6.07, 6.45) is -2.28. The second-order valence-corrected chi connectivity index (χ2v) is 6.52. The molecule has 24 heavy (non-hydrogen) atoms. The first-order valence-corrected chi connectivity index (χ1v) is 8.55. The molecule has 2 amide bonds. The molecule has 0 saturated carbocycles. The van der Waals surface area contributed by atoms with Crippen molar-refractivity contribution in [1.82, 2.24) is 9.80 Å². The fourth-order valence-electron chi connectivity index (χ4n) is 3.45. The molecule has 0 aromatic rings. The summed E-state index contributed by atoms with van der Waals surface area (Å²) in [5, 5.41) is 0. The monoisotopic (exact) mass is 350 g/mol. The van der Waals surface area contributed by atoms with Gasteiger partial charge in [-0.25, -0.2) is 0 Å². The number of likely N-dealkylation sites (tertiary alicyclic amines) is 2. The molecule has 2 saturated heterocycles. The number of alkyl halides is 3. The SMILES string of the molecule is CCOCC1CCCN(C(=O)C2CCN(C(=O)C(F)(F)F)CC2)C1. The molecule has 2 fully saturated rings. The van der Waals surface area contributed by atoms with Crippen molar-refractivity contribution in [2.45, 2.75) is 38.8 Å². The van der Waals surface area contributed by atoms with Crippen LogP contribution in [0.5, 0.6) is 0 Å². The molecule has 8 heteroatoms. The minimum Gasteiger partial charge on any atom is -0.381 e. The quantitative estimate of drug-likeness (QED) is 0.780. The molecule has 0 N–H and O–H groups in total. The van der Waals surface area contributed by atoms with Gasteiger partial charge in [0.25, 0.3) is 0 Å². The fraction of sp³-hybridized carbons (Fsp3) is 0.875. The van der Waals surface area contributed by atoms with Crippen LogP contribution in [0.4, 0.5) is 13.2 Å². The lowest BCUT2D eigenvalue weighted by Crippen LogP contribution is -2.49. The molecule has 2 aliphatic rings. The topological polar surface area (TPSA) is 49.9 Å². The maximum atomic E-state index is 12.6. The van der Waals surface area contributed by atoms with E-state index in [4.69, 9.17) is 4.74 Å². The van der Waals surface area contributed by atoms with E-state index in [-0.39, 0.29) is 24.9 Å². The molecule has 0 aliphatic carbocycles. The Hall–Kier alpha value is -1.31. The van der Waals surface area contributed by atoms with E-state index in [9.17, 15) is 22.8 Å². The first kappa shape index (κ1) is 19.0. The molecule has 2 aliphatic heterocycles. The highest BCUT2D eigenvalue weighted by Gasteiger charge is 2.44. The van der Waals surface area contributed by atoms with Crippen LogP contribution in [-0.2, 0) is 14.3 Å². The molecule has 0 aromatic heterocycles. The molecule has 0 bridgehead atoms. The summed E-state index contributed by atoms with van der Waals surface area (Å²) in [6, 6.07) is 0. The Kier molecular flexibility index (Phi) is 6.48. The van der Waals surface area contributed by atoms with Crippen molar-refractivity contribution < 1.29 is 27.5 Å². The van der Waals surface area contributed by atoms with Crippen LogP contribution in [0, 0.1) is 11.8 Å². The van der Waals surface area contributed by atoms with Gasteiger partial charge >= 0.3 is 12.1 Å². The van der Waals surface area contributed by atoms with Crippen molar-refractivity contribution in [1.29, 1.82) is 0 Å². The Morgan fingerprint density at radius 3 is 2.33 bits per heavy atom. The molecule has 2 heterocycles. The molecule has 0 radical (unpaired) electrons. The van der Waals surface area contributed by atoms with Crippen molar-refractivity contribution in [2.24, 2.45) is 11.8 Å². The Morgan fingerprint density at radius 1 is 1.08 bits per heavy atom. The van der Waals surface area contributed by atoms with Gasteiger partial charge in [0, 0.05) is 38.7 Å². The lowest BCUT2D eigenvalue weighted by Gasteiger charge is -2.37. The number of ether oxygens (including phenoxy) is 1. The van der Waals surface area contributed by atoms with Crippen LogP contribution in [0.1, 0.15) is 32.6 Å². The number of hydrogen-bond acceptors (Lipinski definition) is 3. The van der Waals surface area contributed by atoms with Gasteiger partial charge in [-0.05, 0) is 38.5 Å². The summed E-state index contributed by atoms with van der Waals surface area (Å²) in [4.78, 5) is 26.5. The molecule has 0 spiro atoms. The van der Waals surface area contributed by atoms with E-state index in [2.05, 4.69) is 0 Å². The lowest BCUT2D eigenvalue weighted by molar-refractivity contribution is -0.187. The van der Waals surface area contributed by atoms with E-state index >= 15 is 0 Å². The van der Waals surface area contributed by atoms with Crippen molar-refractivity contribution in [3.05, 3.63) is 0 Å². The highest BCUT2D eigenvalue weighted by molar-refractivity contribution is 5.83. The zero-order valence-electron chi connectivity index (χ0n) is 14.0. The number of amides is 2. The molecule has 1 unspecified atom stereocenters. The minimum absolute atomic E-state index is 0.00896. The predicted molar refractivity (Wildman–Crippen MR) is 81.2 cm³/mol. The van der Waals surface area contributed by atoms with Crippen molar-refractivity contribution in [2.75, 3.05) is 39.4 Å². The smallest absolute Gasteiger partial charge is 0.381 e. The van der Waals surface area contributed by atoms with Gasteiger partial charge in [-0.3, -0.25) is 9.59 Å². The summed E-state index contributed by atoms with van der Waals surface area (Å²) in [5.41, 5.74) is 0. The zero-order valence-corrected chi connectivity index (χ0v) is 14.0. The summed E-state index contributed by atoms with van der Waals surface area (Å²) >= 11 is 0. The van der Waals surface area contributed by atoms with Crippen molar-refractivity contribution in [3.63, 3.8) is 0 Å². The summed E-state index contributed by atoms with van der Waals surface area (Å²) in [6.45, 7) is 4.55. The van der Waals surface area contributed by atoms with E-state index in [1.807, 2.05) is 11.8 Å². The normalized spacial score (nSPS) is 23.4. The Morgan fingerprint density at radius 2 is 1.75 bits per heavy atom. The molecule has 5 nitrogen and oxygen atoms in total. The first-order chi connectivity index (χ1) is 11.3. The number of halogens is 3. The summed E-state index contributed by atoms with van der Waals surface area (Å²) in [7, 11) is 0. The number of nitrogens with zero attached hydrogens (tertiary/aromatic N) is 2. The summed E-state index contributed by atoms with van der Waals surface area (Å²) in [5.74, 6) is -1.75. The van der Waals surface area contributed by atoms with Gasteiger partial charge in [0.1, 0.15) is 0 Å². The zero-order chi connectivity index (χ0) is 17.7. The second-order valence-electron chi connectivity index (χ2n) is 6.52. The number of rotatable bonds is 4.